The molecule has 184 valence electrons. The summed E-state index contributed by atoms with van der Waals surface area (Å²) in [4.78, 5) is 11.6. The fraction of sp³-hybridized carbons (Fsp3) is 0.708. The van der Waals surface area contributed by atoms with Crippen molar-refractivity contribution >= 4 is 5.97 Å². The molecule has 2 nitrogen and oxygen atoms in total. The summed E-state index contributed by atoms with van der Waals surface area (Å²) >= 11 is 0. The van der Waals surface area contributed by atoms with Crippen molar-refractivity contribution in [2.75, 3.05) is 0 Å². The highest BCUT2D eigenvalue weighted by Crippen LogP contribution is 2.58. The van der Waals surface area contributed by atoms with Gasteiger partial charge >= 0.3 is 24.0 Å². The van der Waals surface area contributed by atoms with E-state index in [4.69, 9.17) is 0 Å². The average Bonchev–Trinajstić information content (AvgIpc) is 3.10. The largest absolute Gasteiger partial charge is 0.460 e. The molecule has 0 bridgehead atoms. The second-order valence-electron chi connectivity index (χ2n) is 9.96. The Morgan fingerprint density at radius 3 is 2.39 bits per heavy atom. The Bertz CT molecular complexity index is 928. The number of ether oxygens (including phenoxy) is 1. The lowest BCUT2D eigenvalue weighted by molar-refractivity contribution is -0.347. The maximum absolute atomic E-state index is 13.6. The average molecular weight is 480 g/mol. The van der Waals surface area contributed by atoms with Gasteiger partial charge in [-0.1, -0.05) is 31.1 Å². The number of allylic oxidation sites excluding steroid dienone is 6. The number of alkyl halides is 7. The molecule has 0 unspecified atom stereocenters. The molecule has 0 radical (unpaired) electrons. The quantitative estimate of drug-likeness (QED) is 0.236. The topological polar surface area (TPSA) is 26.3 Å². The van der Waals surface area contributed by atoms with Gasteiger partial charge in [0.05, 0.1) is 0 Å². The molecule has 0 N–H and O–H groups in total. The summed E-state index contributed by atoms with van der Waals surface area (Å²) in [5, 5.41) is 0. The Hall–Kier alpha value is -1.80. The molecule has 0 aromatic rings. The minimum atomic E-state index is -6.58. The summed E-state index contributed by atoms with van der Waals surface area (Å²) in [6, 6.07) is 0. The molecule has 33 heavy (non-hydrogen) atoms. The second-order valence-corrected chi connectivity index (χ2v) is 9.96. The van der Waals surface area contributed by atoms with E-state index in [1.807, 2.05) is 6.08 Å². The van der Waals surface area contributed by atoms with Crippen molar-refractivity contribution in [3.8, 4) is 0 Å². The number of rotatable bonds is 4. The summed E-state index contributed by atoms with van der Waals surface area (Å²) in [7, 11) is 0. The Labute approximate surface area is 187 Å². The normalized spacial score (nSPS) is 32.5. The van der Waals surface area contributed by atoms with Gasteiger partial charge in [-0.2, -0.15) is 30.7 Å². The van der Waals surface area contributed by atoms with E-state index >= 15 is 0 Å². The smallest absolute Gasteiger partial charge is 0.426 e. The molecule has 0 aromatic carbocycles. The van der Waals surface area contributed by atoms with Gasteiger partial charge in [0.15, 0.2) is 0 Å². The third-order valence-corrected chi connectivity index (χ3v) is 8.35. The lowest BCUT2D eigenvalue weighted by Gasteiger charge is -2.44. The number of carbonyl (C=O) groups excluding carboxylic acids is 1. The number of halogens is 7. The zero-order valence-electron chi connectivity index (χ0n) is 18.5. The van der Waals surface area contributed by atoms with Crippen molar-refractivity contribution in [2.24, 2.45) is 23.2 Å². The molecular formula is C24H27F7O2. The number of hydrogen-bond donors (Lipinski definition) is 0. The summed E-state index contributed by atoms with van der Waals surface area (Å²) in [5.74, 6) is -14.8. The van der Waals surface area contributed by atoms with Crippen LogP contribution in [0.3, 0.4) is 0 Å². The maximum Gasteiger partial charge on any atom is 0.460 e. The van der Waals surface area contributed by atoms with Gasteiger partial charge in [-0.05, 0) is 79.8 Å². The molecule has 0 spiro atoms. The first-order valence-electron chi connectivity index (χ1n) is 11.4. The monoisotopic (exact) mass is 480 g/mol. The molecule has 0 aliphatic heterocycles. The van der Waals surface area contributed by atoms with E-state index in [1.165, 1.54) is 6.08 Å². The Kier molecular flexibility index (Phi) is 5.80. The van der Waals surface area contributed by atoms with Gasteiger partial charge in [-0.25, -0.2) is 4.79 Å². The zero-order chi connectivity index (χ0) is 24.4. The molecular weight excluding hydrogens is 453 g/mol. The highest BCUT2D eigenvalue weighted by Gasteiger charge is 2.77. The van der Waals surface area contributed by atoms with Crippen molar-refractivity contribution in [1.82, 2.24) is 0 Å². The van der Waals surface area contributed by atoms with Crippen LogP contribution >= 0.6 is 0 Å². The summed E-state index contributed by atoms with van der Waals surface area (Å²) < 4.78 is 94.9. The molecule has 0 heterocycles. The van der Waals surface area contributed by atoms with Crippen LogP contribution in [0.2, 0.25) is 0 Å². The molecule has 4 rings (SSSR count). The van der Waals surface area contributed by atoms with Gasteiger partial charge in [0.2, 0.25) is 0 Å². The van der Waals surface area contributed by atoms with Gasteiger partial charge in [0.1, 0.15) is 5.76 Å². The standard InChI is InChI=1S/C24H27F7O2/c1-3-21(2)11-10-18-17-6-4-13-12-14(5-7-15(13)16(17)8-9-19(18)21)33-20(32)22(25,26)23(27,28)24(29,30)31/h4,12,15-17H,3,5-11H2,1-2H3/t15-,16+,17+,21+/m0/s1. The molecule has 0 fully saturated rings. The van der Waals surface area contributed by atoms with Gasteiger partial charge in [-0.15, -0.1) is 0 Å². The van der Waals surface area contributed by atoms with Gasteiger partial charge in [0.25, 0.3) is 0 Å². The third-order valence-electron chi connectivity index (χ3n) is 8.35. The van der Waals surface area contributed by atoms with Gasteiger partial charge in [-0.3, -0.25) is 0 Å². The first kappa shape index (κ1) is 24.3. The maximum atomic E-state index is 13.6. The first-order valence-corrected chi connectivity index (χ1v) is 11.4. The summed E-state index contributed by atoms with van der Waals surface area (Å²) in [6.45, 7) is 4.53. The molecule has 0 saturated carbocycles. The number of fused-ring (bicyclic) bond motifs is 4. The van der Waals surface area contributed by atoms with Crippen molar-refractivity contribution < 1.29 is 40.3 Å². The summed E-state index contributed by atoms with van der Waals surface area (Å²) in [5.41, 5.74) is 4.16. The van der Waals surface area contributed by atoms with E-state index in [0.717, 1.165) is 44.1 Å². The number of esters is 1. The van der Waals surface area contributed by atoms with Crippen molar-refractivity contribution in [2.45, 2.75) is 83.2 Å². The molecule has 0 saturated heterocycles. The van der Waals surface area contributed by atoms with E-state index < -0.39 is 24.0 Å². The van der Waals surface area contributed by atoms with Gasteiger partial charge in [0, 0.05) is 6.42 Å². The first-order chi connectivity index (χ1) is 15.2. The Morgan fingerprint density at radius 2 is 1.76 bits per heavy atom. The fourth-order valence-corrected chi connectivity index (χ4v) is 6.26. The van der Waals surface area contributed by atoms with E-state index in [2.05, 4.69) is 18.6 Å². The molecule has 9 heteroatoms. The zero-order valence-corrected chi connectivity index (χ0v) is 18.5. The Morgan fingerprint density at radius 1 is 1.06 bits per heavy atom. The van der Waals surface area contributed by atoms with Crippen LogP contribution in [0.4, 0.5) is 30.7 Å². The predicted molar refractivity (Wildman–Crippen MR) is 106 cm³/mol. The van der Waals surface area contributed by atoms with Crippen LogP contribution in [-0.2, 0) is 9.53 Å². The number of carbonyl (C=O) groups is 1. The van der Waals surface area contributed by atoms with Crippen LogP contribution in [0.25, 0.3) is 0 Å². The van der Waals surface area contributed by atoms with E-state index in [9.17, 15) is 35.5 Å². The molecule has 4 aliphatic rings. The third kappa shape index (κ3) is 3.73. The van der Waals surface area contributed by atoms with Crippen LogP contribution in [0.1, 0.15) is 65.2 Å². The summed E-state index contributed by atoms with van der Waals surface area (Å²) in [6.07, 6.45) is 3.38. The minimum Gasteiger partial charge on any atom is -0.426 e. The molecule has 4 aliphatic carbocycles. The van der Waals surface area contributed by atoms with E-state index in [0.29, 0.717) is 18.3 Å². The molecule has 0 amide bonds. The SMILES string of the molecule is CC[C@]1(C)CCC2=C1CC[C@@H]1[C@H]3CCC(OC(=O)C(F)(F)C(F)(F)C(F)(F)F)=CC3=CC[C@@H]21. The highest BCUT2D eigenvalue weighted by molar-refractivity contribution is 5.80. The van der Waals surface area contributed by atoms with E-state index in [-0.39, 0.29) is 23.5 Å². The van der Waals surface area contributed by atoms with Crippen molar-refractivity contribution in [3.05, 3.63) is 34.6 Å². The number of hydrogen-bond acceptors (Lipinski definition) is 2. The van der Waals surface area contributed by atoms with Crippen molar-refractivity contribution in [3.63, 3.8) is 0 Å². The van der Waals surface area contributed by atoms with Crippen LogP contribution in [-0.4, -0.2) is 24.0 Å². The lowest BCUT2D eigenvalue weighted by Crippen LogP contribution is -2.56. The molecule has 0 aromatic heterocycles. The minimum absolute atomic E-state index is 0.0310. The van der Waals surface area contributed by atoms with Crippen LogP contribution in [0, 0.1) is 23.2 Å². The highest BCUT2D eigenvalue weighted by atomic mass is 19.4. The second kappa shape index (κ2) is 7.87. The van der Waals surface area contributed by atoms with Crippen LogP contribution in [0.15, 0.2) is 34.6 Å². The predicted octanol–water partition coefficient (Wildman–Crippen LogP) is 7.52. The van der Waals surface area contributed by atoms with Crippen molar-refractivity contribution in [1.29, 1.82) is 0 Å². The van der Waals surface area contributed by atoms with E-state index in [1.54, 1.807) is 11.1 Å². The van der Waals surface area contributed by atoms with Crippen LogP contribution < -0.4 is 0 Å². The molecule has 4 atom stereocenters. The fourth-order valence-electron chi connectivity index (χ4n) is 6.26. The van der Waals surface area contributed by atoms with Gasteiger partial charge < -0.3 is 4.74 Å². The van der Waals surface area contributed by atoms with Crippen LogP contribution in [0.5, 0.6) is 0 Å². The lowest BCUT2D eigenvalue weighted by atomic mass is 9.60. The Balaban J connectivity index is 1.52.